The van der Waals surface area contributed by atoms with Gasteiger partial charge in [0.2, 0.25) is 0 Å². The van der Waals surface area contributed by atoms with Crippen molar-refractivity contribution in [2.45, 2.75) is 25.2 Å². The molecule has 0 aliphatic carbocycles. The lowest BCUT2D eigenvalue weighted by Crippen LogP contribution is -2.59. The van der Waals surface area contributed by atoms with Crippen LogP contribution in [0.1, 0.15) is 5.56 Å². The summed E-state index contributed by atoms with van der Waals surface area (Å²) >= 11 is 0. The van der Waals surface area contributed by atoms with Gasteiger partial charge in [0.15, 0.2) is 12.4 Å². The third-order valence-corrected chi connectivity index (χ3v) is 5.40. The molecule has 3 unspecified atom stereocenters. The number of cyclic esters (lactones) is 1. The van der Waals surface area contributed by atoms with Gasteiger partial charge in [0.25, 0.3) is 0 Å². The quantitative estimate of drug-likeness (QED) is 0.736. The molecule has 2 amide bonds. The third kappa shape index (κ3) is 4.78. The molecule has 0 saturated carbocycles. The first-order chi connectivity index (χ1) is 15.0. The first-order valence-electron chi connectivity index (χ1n) is 10.1. The van der Waals surface area contributed by atoms with Crippen LogP contribution < -0.4 is 4.90 Å². The summed E-state index contributed by atoms with van der Waals surface area (Å²) in [5, 5.41) is 10.7. The Hall–Kier alpha value is -3.17. The molecule has 9 heteroatoms. The summed E-state index contributed by atoms with van der Waals surface area (Å²) in [4.78, 5) is 28.3. The van der Waals surface area contributed by atoms with Crippen molar-refractivity contribution in [2.75, 3.05) is 31.1 Å². The number of para-hydroxylation sites is 1. The van der Waals surface area contributed by atoms with E-state index >= 15 is 0 Å². The molecule has 4 rings (SSSR count). The molecule has 0 aromatic heterocycles. The van der Waals surface area contributed by atoms with Gasteiger partial charge in [-0.15, -0.1) is 0 Å². The average Bonchev–Trinajstić information content (AvgIpc) is 3.20. The topological polar surface area (TPSA) is 82.6 Å². The minimum Gasteiger partial charge on any atom is -0.445 e. The van der Waals surface area contributed by atoms with Gasteiger partial charge in [0.1, 0.15) is 12.8 Å². The van der Waals surface area contributed by atoms with Crippen molar-refractivity contribution >= 4 is 17.9 Å². The van der Waals surface area contributed by atoms with Gasteiger partial charge in [0.05, 0.1) is 13.1 Å². The van der Waals surface area contributed by atoms with Crippen LogP contribution in [0.15, 0.2) is 60.7 Å². The van der Waals surface area contributed by atoms with Crippen molar-refractivity contribution in [3.8, 4) is 0 Å². The standard InChI is InChI=1S/C22H24FN3O5/c23-19-14-24(21(28)30-15-16-7-3-1-4-8-16)11-12-25(19)20(27)18-13-26(22(29)31-18)17-9-5-2-6-10-17/h1-10,18-20,27H,11-15H2. The molecule has 0 radical (unpaired) electrons. The lowest BCUT2D eigenvalue weighted by molar-refractivity contribution is -0.136. The number of halogens is 1. The fourth-order valence-corrected chi connectivity index (χ4v) is 3.70. The lowest BCUT2D eigenvalue weighted by atomic mass is 10.2. The molecule has 164 valence electrons. The zero-order valence-electron chi connectivity index (χ0n) is 16.8. The molecule has 0 bridgehead atoms. The number of anilines is 1. The Bertz CT molecular complexity index is 901. The molecule has 2 aliphatic rings. The van der Waals surface area contributed by atoms with E-state index in [-0.39, 0.29) is 32.8 Å². The van der Waals surface area contributed by atoms with E-state index in [1.807, 2.05) is 36.4 Å². The molecule has 2 aromatic carbocycles. The largest absolute Gasteiger partial charge is 0.445 e. The first kappa shape index (κ1) is 21.1. The van der Waals surface area contributed by atoms with E-state index in [4.69, 9.17) is 9.47 Å². The minimum atomic E-state index is -1.61. The van der Waals surface area contributed by atoms with Gasteiger partial charge >= 0.3 is 12.2 Å². The van der Waals surface area contributed by atoms with Crippen LogP contribution in [0.4, 0.5) is 19.7 Å². The summed E-state index contributed by atoms with van der Waals surface area (Å²) in [6, 6.07) is 18.1. The number of aliphatic hydroxyl groups excluding tert-OH is 1. The summed E-state index contributed by atoms with van der Waals surface area (Å²) in [7, 11) is 0. The van der Waals surface area contributed by atoms with Crippen LogP contribution in [0.25, 0.3) is 0 Å². The zero-order chi connectivity index (χ0) is 21.8. The molecule has 0 spiro atoms. The van der Waals surface area contributed by atoms with Gasteiger partial charge in [-0.25, -0.2) is 18.9 Å². The van der Waals surface area contributed by atoms with Gasteiger partial charge in [-0.05, 0) is 17.7 Å². The number of hydrogen-bond donors (Lipinski definition) is 1. The van der Waals surface area contributed by atoms with Crippen molar-refractivity contribution in [2.24, 2.45) is 0 Å². The van der Waals surface area contributed by atoms with E-state index in [9.17, 15) is 19.1 Å². The van der Waals surface area contributed by atoms with Crippen molar-refractivity contribution < 1.29 is 28.6 Å². The maximum Gasteiger partial charge on any atom is 0.414 e. The van der Waals surface area contributed by atoms with Crippen LogP contribution in [-0.2, 0) is 16.1 Å². The highest BCUT2D eigenvalue weighted by Crippen LogP contribution is 2.25. The minimum absolute atomic E-state index is 0.0855. The average molecular weight is 429 g/mol. The number of alkyl halides is 1. The van der Waals surface area contributed by atoms with Crippen molar-refractivity contribution in [1.29, 1.82) is 0 Å². The fraction of sp³-hybridized carbons (Fsp3) is 0.364. The van der Waals surface area contributed by atoms with E-state index in [2.05, 4.69) is 0 Å². The molecule has 2 aliphatic heterocycles. The monoisotopic (exact) mass is 429 g/mol. The van der Waals surface area contributed by atoms with Gasteiger partial charge in [-0.2, -0.15) is 0 Å². The summed E-state index contributed by atoms with van der Waals surface area (Å²) in [6.45, 7) is 0.243. The smallest absolute Gasteiger partial charge is 0.414 e. The van der Waals surface area contributed by atoms with Gasteiger partial charge in [0, 0.05) is 18.8 Å². The SMILES string of the molecule is O=C(OCc1ccccc1)N1CCN(C(O)C2CN(c3ccccc3)C(=O)O2)C(F)C1. The second kappa shape index (κ2) is 9.32. The molecule has 8 nitrogen and oxygen atoms in total. The Balaban J connectivity index is 1.30. The maximum absolute atomic E-state index is 14.8. The molecular weight excluding hydrogens is 405 g/mol. The highest BCUT2D eigenvalue weighted by molar-refractivity contribution is 5.89. The van der Waals surface area contributed by atoms with Crippen molar-refractivity contribution in [1.82, 2.24) is 9.80 Å². The number of aliphatic hydroxyl groups is 1. The molecule has 1 N–H and O–H groups in total. The highest BCUT2D eigenvalue weighted by Gasteiger charge is 2.43. The second-order valence-electron chi connectivity index (χ2n) is 7.44. The van der Waals surface area contributed by atoms with E-state index < -0.39 is 30.8 Å². The number of benzene rings is 2. The zero-order valence-corrected chi connectivity index (χ0v) is 16.8. The summed E-state index contributed by atoms with van der Waals surface area (Å²) in [5.41, 5.74) is 1.48. The number of nitrogens with zero attached hydrogens (tertiary/aromatic N) is 3. The molecule has 2 aromatic rings. The first-order valence-corrected chi connectivity index (χ1v) is 10.1. The molecule has 2 saturated heterocycles. The Labute approximate surface area is 179 Å². The molecule has 2 heterocycles. The van der Waals surface area contributed by atoms with E-state index in [0.717, 1.165) is 5.56 Å². The highest BCUT2D eigenvalue weighted by atomic mass is 19.1. The Kier molecular flexibility index (Phi) is 6.34. The molecule has 3 atom stereocenters. The number of carbonyl (C=O) groups is 2. The fourth-order valence-electron chi connectivity index (χ4n) is 3.70. The molecule has 31 heavy (non-hydrogen) atoms. The summed E-state index contributed by atoms with van der Waals surface area (Å²) in [5.74, 6) is 0. The second-order valence-corrected chi connectivity index (χ2v) is 7.44. The van der Waals surface area contributed by atoms with Crippen LogP contribution in [0.2, 0.25) is 0 Å². The number of hydrogen-bond acceptors (Lipinski definition) is 6. The van der Waals surface area contributed by atoms with Gasteiger partial charge < -0.3 is 19.5 Å². The van der Waals surface area contributed by atoms with Crippen molar-refractivity contribution in [3.63, 3.8) is 0 Å². The number of rotatable bonds is 5. The van der Waals surface area contributed by atoms with Crippen LogP contribution in [0.3, 0.4) is 0 Å². The molecular formula is C22H24FN3O5. The summed E-state index contributed by atoms with van der Waals surface area (Å²) < 4.78 is 25.3. The van der Waals surface area contributed by atoms with E-state index in [0.29, 0.717) is 5.69 Å². The third-order valence-electron chi connectivity index (χ3n) is 5.40. The molecule has 2 fully saturated rings. The predicted octanol–water partition coefficient (Wildman–Crippen LogP) is 2.58. The Morgan fingerprint density at radius 2 is 1.77 bits per heavy atom. The van der Waals surface area contributed by atoms with Crippen molar-refractivity contribution in [3.05, 3.63) is 66.2 Å². The van der Waals surface area contributed by atoms with Crippen LogP contribution in [-0.4, -0.2) is 71.9 Å². The number of carbonyl (C=O) groups excluding carboxylic acids is 2. The summed E-state index contributed by atoms with van der Waals surface area (Å²) in [6.07, 6.45) is -5.04. The number of piperazine rings is 1. The number of amides is 2. The Morgan fingerprint density at radius 3 is 2.45 bits per heavy atom. The maximum atomic E-state index is 14.8. The van der Waals surface area contributed by atoms with Crippen LogP contribution in [0.5, 0.6) is 0 Å². The van der Waals surface area contributed by atoms with Crippen LogP contribution >= 0.6 is 0 Å². The number of ether oxygens (including phenoxy) is 2. The normalized spacial score (nSPS) is 22.8. The van der Waals surface area contributed by atoms with E-state index in [1.165, 1.54) is 14.7 Å². The Morgan fingerprint density at radius 1 is 1.10 bits per heavy atom. The van der Waals surface area contributed by atoms with Gasteiger partial charge in [-0.1, -0.05) is 48.5 Å². The predicted molar refractivity (Wildman–Crippen MR) is 110 cm³/mol. The van der Waals surface area contributed by atoms with E-state index in [1.54, 1.807) is 24.3 Å². The van der Waals surface area contributed by atoms with Gasteiger partial charge in [-0.3, -0.25) is 4.90 Å². The van der Waals surface area contributed by atoms with Crippen LogP contribution in [0, 0.1) is 0 Å². The lowest BCUT2D eigenvalue weighted by Gasteiger charge is -2.40.